The zero-order valence-electron chi connectivity index (χ0n) is 7.09. The highest BCUT2D eigenvalue weighted by Crippen LogP contribution is 2.07. The van der Waals surface area contributed by atoms with Crippen LogP contribution in [-0.4, -0.2) is 25.8 Å². The Balaban J connectivity index is 2.57. The Kier molecular flexibility index (Phi) is 2.65. The molecule has 62 valence electrons. The molecule has 0 radical (unpaired) electrons. The molecule has 3 heteroatoms. The van der Waals surface area contributed by atoms with E-state index < -0.39 is 0 Å². The Hall–Kier alpha value is -0.830. The molecule has 1 saturated heterocycles. The van der Waals surface area contributed by atoms with Crippen LogP contribution in [0.15, 0.2) is 16.8 Å². The van der Waals surface area contributed by atoms with Gasteiger partial charge in [0.2, 0.25) is 0 Å². The van der Waals surface area contributed by atoms with Gasteiger partial charge in [0.15, 0.2) is 0 Å². The van der Waals surface area contributed by atoms with Gasteiger partial charge < -0.3 is 11.1 Å². The van der Waals surface area contributed by atoms with E-state index in [1.54, 1.807) is 0 Å². The summed E-state index contributed by atoms with van der Waals surface area (Å²) in [5, 5.41) is 3.20. The standard InChI is InChI=1S/C8H15N3/c1-6(9)3-8(10-2)7-4-11-5-7/h3,7,11H,4-5,9H2,1-2H3/b6-3-,10-8?. The van der Waals surface area contributed by atoms with Gasteiger partial charge in [0.1, 0.15) is 0 Å². The van der Waals surface area contributed by atoms with Gasteiger partial charge in [-0.2, -0.15) is 0 Å². The molecule has 0 aromatic rings. The first-order chi connectivity index (χ1) is 5.24. The van der Waals surface area contributed by atoms with Gasteiger partial charge in [-0.15, -0.1) is 0 Å². The quantitative estimate of drug-likeness (QED) is 0.554. The van der Waals surface area contributed by atoms with Crippen molar-refractivity contribution in [1.82, 2.24) is 5.32 Å². The van der Waals surface area contributed by atoms with Crippen molar-refractivity contribution in [3.8, 4) is 0 Å². The van der Waals surface area contributed by atoms with E-state index in [1.807, 2.05) is 20.0 Å². The Morgan fingerprint density at radius 3 is 2.55 bits per heavy atom. The molecule has 0 spiro atoms. The number of rotatable bonds is 2. The highest BCUT2D eigenvalue weighted by molar-refractivity contribution is 5.98. The fourth-order valence-electron chi connectivity index (χ4n) is 1.10. The van der Waals surface area contributed by atoms with Crippen molar-refractivity contribution in [2.45, 2.75) is 6.92 Å². The van der Waals surface area contributed by atoms with Crippen LogP contribution in [0.3, 0.4) is 0 Å². The van der Waals surface area contributed by atoms with Crippen molar-refractivity contribution in [3.63, 3.8) is 0 Å². The largest absolute Gasteiger partial charge is 0.402 e. The maximum Gasteiger partial charge on any atom is 0.0418 e. The first kappa shape index (κ1) is 8.27. The predicted molar refractivity (Wildman–Crippen MR) is 47.7 cm³/mol. The van der Waals surface area contributed by atoms with Crippen LogP contribution in [0.5, 0.6) is 0 Å². The number of hydrogen-bond acceptors (Lipinski definition) is 3. The van der Waals surface area contributed by atoms with Crippen molar-refractivity contribution in [3.05, 3.63) is 11.8 Å². The third-order valence-corrected chi connectivity index (χ3v) is 1.83. The van der Waals surface area contributed by atoms with Crippen LogP contribution in [-0.2, 0) is 0 Å². The van der Waals surface area contributed by atoms with E-state index in [0.29, 0.717) is 5.92 Å². The molecule has 0 aromatic heterocycles. The molecule has 0 bridgehead atoms. The van der Waals surface area contributed by atoms with E-state index in [-0.39, 0.29) is 0 Å². The lowest BCUT2D eigenvalue weighted by molar-refractivity contribution is 0.444. The summed E-state index contributed by atoms with van der Waals surface area (Å²) in [5.74, 6) is 0.582. The molecule has 1 rings (SSSR count). The van der Waals surface area contributed by atoms with Gasteiger partial charge in [-0.05, 0) is 13.0 Å². The molecule has 11 heavy (non-hydrogen) atoms. The highest BCUT2D eigenvalue weighted by atomic mass is 15.0. The summed E-state index contributed by atoms with van der Waals surface area (Å²) >= 11 is 0. The minimum atomic E-state index is 0.582. The molecule has 0 aromatic carbocycles. The summed E-state index contributed by atoms with van der Waals surface area (Å²) in [5.41, 5.74) is 7.49. The Bertz CT molecular complexity index is 186. The van der Waals surface area contributed by atoms with Gasteiger partial charge in [-0.3, -0.25) is 4.99 Å². The normalized spacial score (nSPS) is 21.6. The first-order valence-corrected chi connectivity index (χ1v) is 3.85. The van der Waals surface area contributed by atoms with E-state index in [0.717, 1.165) is 24.5 Å². The van der Waals surface area contributed by atoms with Gasteiger partial charge >= 0.3 is 0 Å². The third kappa shape index (κ3) is 2.05. The van der Waals surface area contributed by atoms with Gasteiger partial charge in [0.25, 0.3) is 0 Å². The lowest BCUT2D eigenvalue weighted by Gasteiger charge is -2.27. The average molecular weight is 153 g/mol. The number of nitrogens with one attached hydrogen (secondary N) is 1. The van der Waals surface area contributed by atoms with Crippen LogP contribution in [0, 0.1) is 5.92 Å². The topological polar surface area (TPSA) is 50.4 Å². The lowest BCUT2D eigenvalue weighted by Crippen LogP contribution is -2.46. The minimum absolute atomic E-state index is 0.582. The maximum atomic E-state index is 5.55. The Morgan fingerprint density at radius 1 is 1.64 bits per heavy atom. The molecular weight excluding hydrogens is 138 g/mol. The fraction of sp³-hybridized carbons (Fsp3) is 0.625. The van der Waals surface area contributed by atoms with Crippen molar-refractivity contribution in [2.24, 2.45) is 16.6 Å². The first-order valence-electron chi connectivity index (χ1n) is 3.85. The van der Waals surface area contributed by atoms with Crippen molar-refractivity contribution in [1.29, 1.82) is 0 Å². The van der Waals surface area contributed by atoms with Crippen LogP contribution in [0.2, 0.25) is 0 Å². The van der Waals surface area contributed by atoms with Gasteiger partial charge in [-0.1, -0.05) is 0 Å². The number of nitrogens with zero attached hydrogens (tertiary/aromatic N) is 1. The maximum absolute atomic E-state index is 5.55. The third-order valence-electron chi connectivity index (χ3n) is 1.83. The van der Waals surface area contributed by atoms with Crippen LogP contribution in [0.1, 0.15) is 6.92 Å². The summed E-state index contributed by atoms with van der Waals surface area (Å²) in [7, 11) is 1.81. The Morgan fingerprint density at radius 2 is 2.27 bits per heavy atom. The van der Waals surface area contributed by atoms with E-state index in [1.165, 1.54) is 0 Å². The number of hydrogen-bond donors (Lipinski definition) is 2. The molecule has 1 aliphatic heterocycles. The molecule has 3 nitrogen and oxygen atoms in total. The average Bonchev–Trinajstić information content (AvgIpc) is 1.81. The molecule has 1 heterocycles. The fourth-order valence-corrected chi connectivity index (χ4v) is 1.10. The summed E-state index contributed by atoms with van der Waals surface area (Å²) in [4.78, 5) is 4.17. The molecule has 0 saturated carbocycles. The monoisotopic (exact) mass is 153 g/mol. The molecular formula is C8H15N3. The lowest BCUT2D eigenvalue weighted by atomic mass is 9.96. The van der Waals surface area contributed by atoms with Crippen molar-refractivity contribution >= 4 is 5.71 Å². The molecule has 1 aliphatic rings. The van der Waals surface area contributed by atoms with Crippen LogP contribution in [0.4, 0.5) is 0 Å². The number of nitrogens with two attached hydrogens (primary N) is 1. The van der Waals surface area contributed by atoms with Crippen molar-refractivity contribution < 1.29 is 0 Å². The number of allylic oxidation sites excluding steroid dienone is 2. The predicted octanol–water partition coefficient (Wildman–Crippen LogP) is 0.139. The second kappa shape index (κ2) is 3.53. The van der Waals surface area contributed by atoms with E-state index in [9.17, 15) is 0 Å². The van der Waals surface area contributed by atoms with Crippen LogP contribution < -0.4 is 11.1 Å². The molecule has 0 atom stereocenters. The minimum Gasteiger partial charge on any atom is -0.402 e. The molecule has 0 amide bonds. The van der Waals surface area contributed by atoms with E-state index in [2.05, 4.69) is 10.3 Å². The second-order valence-corrected chi connectivity index (χ2v) is 2.89. The smallest absolute Gasteiger partial charge is 0.0418 e. The summed E-state index contributed by atoms with van der Waals surface area (Å²) < 4.78 is 0. The second-order valence-electron chi connectivity index (χ2n) is 2.89. The number of aliphatic imine (C=N–C) groups is 1. The van der Waals surface area contributed by atoms with Crippen LogP contribution in [0.25, 0.3) is 0 Å². The summed E-state index contributed by atoms with van der Waals surface area (Å²) in [6.45, 7) is 3.96. The van der Waals surface area contributed by atoms with Gasteiger partial charge in [0.05, 0.1) is 0 Å². The van der Waals surface area contributed by atoms with Gasteiger partial charge in [-0.25, -0.2) is 0 Å². The molecule has 1 fully saturated rings. The van der Waals surface area contributed by atoms with Crippen LogP contribution >= 0.6 is 0 Å². The Labute approximate surface area is 67.4 Å². The zero-order chi connectivity index (χ0) is 8.27. The molecule has 3 N–H and O–H groups in total. The van der Waals surface area contributed by atoms with E-state index >= 15 is 0 Å². The van der Waals surface area contributed by atoms with Gasteiger partial charge in [0, 0.05) is 37.5 Å². The molecule has 0 aliphatic carbocycles. The zero-order valence-corrected chi connectivity index (χ0v) is 7.09. The highest BCUT2D eigenvalue weighted by Gasteiger charge is 2.20. The summed E-state index contributed by atoms with van der Waals surface area (Å²) in [6, 6.07) is 0. The summed E-state index contributed by atoms with van der Waals surface area (Å²) in [6.07, 6.45) is 1.95. The molecule has 0 unspecified atom stereocenters. The van der Waals surface area contributed by atoms with Crippen molar-refractivity contribution in [2.75, 3.05) is 20.1 Å². The SMILES string of the molecule is CN=C(/C=C(/C)N)C1CNC1. The van der Waals surface area contributed by atoms with E-state index in [4.69, 9.17) is 5.73 Å².